The summed E-state index contributed by atoms with van der Waals surface area (Å²) in [5.41, 5.74) is -0.415. The third-order valence-electron chi connectivity index (χ3n) is 2.36. The summed E-state index contributed by atoms with van der Waals surface area (Å²) < 4.78 is 5.23. The van der Waals surface area contributed by atoms with Gasteiger partial charge in [0.2, 0.25) is 11.8 Å². The van der Waals surface area contributed by atoms with Gasteiger partial charge >= 0.3 is 0 Å². The standard InChI is InChI=1S/C8H10N2O2/c1-5(11)8(3-4-8)7-10-9-6(2)12-7/h3-4H2,1-2H3. The molecule has 0 aromatic carbocycles. The average Bonchev–Trinajstić information content (AvgIpc) is 2.71. The molecule has 0 atom stereocenters. The number of hydrogen-bond donors (Lipinski definition) is 0. The van der Waals surface area contributed by atoms with E-state index in [0.717, 1.165) is 12.8 Å². The van der Waals surface area contributed by atoms with Crippen LogP contribution in [0.25, 0.3) is 0 Å². The maximum atomic E-state index is 11.2. The normalized spacial score (nSPS) is 19.2. The monoisotopic (exact) mass is 166 g/mol. The van der Waals surface area contributed by atoms with E-state index in [0.29, 0.717) is 11.8 Å². The molecule has 0 spiro atoms. The molecule has 0 bridgehead atoms. The van der Waals surface area contributed by atoms with Crippen molar-refractivity contribution in [2.75, 3.05) is 0 Å². The predicted octanol–water partition coefficient (Wildman–Crippen LogP) is 0.999. The minimum Gasteiger partial charge on any atom is -0.425 e. The van der Waals surface area contributed by atoms with E-state index < -0.39 is 5.41 Å². The van der Waals surface area contributed by atoms with Crippen molar-refractivity contribution < 1.29 is 9.21 Å². The fraction of sp³-hybridized carbons (Fsp3) is 0.625. The molecular weight excluding hydrogens is 156 g/mol. The Morgan fingerprint density at radius 3 is 2.50 bits per heavy atom. The molecule has 1 aromatic heterocycles. The summed E-state index contributed by atoms with van der Waals surface area (Å²) in [7, 11) is 0. The van der Waals surface area contributed by atoms with Crippen LogP contribution in [0.3, 0.4) is 0 Å². The number of ketones is 1. The van der Waals surface area contributed by atoms with Crippen LogP contribution in [0.15, 0.2) is 4.42 Å². The highest BCUT2D eigenvalue weighted by atomic mass is 16.4. The van der Waals surface area contributed by atoms with Gasteiger partial charge in [0.15, 0.2) is 0 Å². The molecule has 0 amide bonds. The van der Waals surface area contributed by atoms with Crippen molar-refractivity contribution in [1.82, 2.24) is 10.2 Å². The minimum absolute atomic E-state index is 0.131. The number of Topliss-reactive ketones (excluding diaryl/α,β-unsaturated/α-hetero) is 1. The van der Waals surface area contributed by atoms with E-state index in [1.807, 2.05) is 0 Å². The Morgan fingerprint density at radius 1 is 1.50 bits per heavy atom. The van der Waals surface area contributed by atoms with Gasteiger partial charge in [-0.15, -0.1) is 10.2 Å². The second-order valence-corrected chi connectivity index (χ2v) is 3.26. The first kappa shape index (κ1) is 7.46. The second-order valence-electron chi connectivity index (χ2n) is 3.26. The zero-order valence-corrected chi connectivity index (χ0v) is 7.13. The summed E-state index contributed by atoms with van der Waals surface area (Å²) in [5.74, 6) is 1.15. The molecule has 1 aromatic rings. The fourth-order valence-electron chi connectivity index (χ4n) is 1.33. The van der Waals surface area contributed by atoms with Gasteiger partial charge in [-0.1, -0.05) is 0 Å². The number of rotatable bonds is 2. The van der Waals surface area contributed by atoms with Gasteiger partial charge < -0.3 is 4.42 Å². The maximum absolute atomic E-state index is 11.2. The molecule has 0 radical (unpaired) electrons. The molecule has 1 fully saturated rings. The van der Waals surface area contributed by atoms with E-state index in [2.05, 4.69) is 10.2 Å². The van der Waals surface area contributed by atoms with Gasteiger partial charge in [-0.3, -0.25) is 4.79 Å². The van der Waals surface area contributed by atoms with Crippen molar-refractivity contribution >= 4 is 5.78 Å². The summed E-state index contributed by atoms with van der Waals surface area (Å²) in [6.45, 7) is 3.30. The van der Waals surface area contributed by atoms with Gasteiger partial charge in [0.05, 0.1) is 0 Å². The Bertz CT molecular complexity index is 326. The van der Waals surface area contributed by atoms with E-state index in [1.54, 1.807) is 13.8 Å². The third kappa shape index (κ3) is 0.873. The molecule has 4 nitrogen and oxygen atoms in total. The highest BCUT2D eigenvalue weighted by Gasteiger charge is 2.53. The van der Waals surface area contributed by atoms with Crippen molar-refractivity contribution in [1.29, 1.82) is 0 Å². The zero-order valence-electron chi connectivity index (χ0n) is 7.13. The number of hydrogen-bond acceptors (Lipinski definition) is 4. The predicted molar refractivity (Wildman–Crippen MR) is 40.6 cm³/mol. The lowest BCUT2D eigenvalue weighted by molar-refractivity contribution is -0.119. The van der Waals surface area contributed by atoms with Gasteiger partial charge in [0, 0.05) is 6.92 Å². The van der Waals surface area contributed by atoms with E-state index in [4.69, 9.17) is 4.42 Å². The van der Waals surface area contributed by atoms with Crippen molar-refractivity contribution in [2.24, 2.45) is 0 Å². The van der Waals surface area contributed by atoms with Crippen molar-refractivity contribution in [3.8, 4) is 0 Å². The molecule has 2 rings (SSSR count). The van der Waals surface area contributed by atoms with Crippen LogP contribution in [-0.2, 0) is 10.2 Å². The summed E-state index contributed by atoms with van der Waals surface area (Å²) in [6.07, 6.45) is 1.70. The minimum atomic E-state index is -0.415. The number of carbonyl (C=O) groups excluding carboxylic acids is 1. The van der Waals surface area contributed by atoms with Crippen LogP contribution in [0.4, 0.5) is 0 Å². The van der Waals surface area contributed by atoms with Gasteiger partial charge in [0.25, 0.3) is 0 Å². The van der Waals surface area contributed by atoms with E-state index in [9.17, 15) is 4.79 Å². The lowest BCUT2D eigenvalue weighted by Crippen LogP contribution is -2.17. The van der Waals surface area contributed by atoms with Crippen LogP contribution in [0.2, 0.25) is 0 Å². The topological polar surface area (TPSA) is 56.0 Å². The van der Waals surface area contributed by atoms with Crippen LogP contribution in [0, 0.1) is 6.92 Å². The Hall–Kier alpha value is -1.19. The molecule has 0 unspecified atom stereocenters. The van der Waals surface area contributed by atoms with Crippen LogP contribution < -0.4 is 0 Å². The van der Waals surface area contributed by atoms with Crippen molar-refractivity contribution in [3.63, 3.8) is 0 Å². The molecular formula is C8H10N2O2. The molecule has 4 heteroatoms. The number of aromatic nitrogens is 2. The van der Waals surface area contributed by atoms with Gasteiger partial charge in [0.1, 0.15) is 11.2 Å². The lowest BCUT2D eigenvalue weighted by atomic mass is 10.0. The highest BCUT2D eigenvalue weighted by Crippen LogP contribution is 2.48. The summed E-state index contributed by atoms with van der Waals surface area (Å²) >= 11 is 0. The molecule has 1 heterocycles. The highest BCUT2D eigenvalue weighted by molar-refractivity contribution is 5.89. The van der Waals surface area contributed by atoms with E-state index in [-0.39, 0.29) is 5.78 Å². The number of nitrogens with zero attached hydrogens (tertiary/aromatic N) is 2. The van der Waals surface area contributed by atoms with Gasteiger partial charge in [-0.05, 0) is 19.8 Å². The Morgan fingerprint density at radius 2 is 2.17 bits per heavy atom. The quantitative estimate of drug-likeness (QED) is 0.657. The first-order valence-electron chi connectivity index (χ1n) is 3.97. The summed E-state index contributed by atoms with van der Waals surface area (Å²) in [6, 6.07) is 0. The smallest absolute Gasteiger partial charge is 0.230 e. The van der Waals surface area contributed by atoms with Crippen LogP contribution in [0.5, 0.6) is 0 Å². The number of carbonyl (C=O) groups is 1. The van der Waals surface area contributed by atoms with E-state index in [1.165, 1.54) is 0 Å². The Kier molecular flexibility index (Phi) is 1.34. The van der Waals surface area contributed by atoms with Crippen molar-refractivity contribution in [2.45, 2.75) is 32.1 Å². The Balaban J connectivity index is 2.36. The van der Waals surface area contributed by atoms with Crippen LogP contribution >= 0.6 is 0 Å². The first-order chi connectivity index (χ1) is 5.65. The number of aryl methyl sites for hydroxylation is 1. The average molecular weight is 166 g/mol. The summed E-state index contributed by atoms with van der Waals surface area (Å²) in [4.78, 5) is 11.2. The first-order valence-corrected chi connectivity index (χ1v) is 3.97. The molecule has 1 aliphatic carbocycles. The maximum Gasteiger partial charge on any atom is 0.230 e. The van der Waals surface area contributed by atoms with E-state index >= 15 is 0 Å². The molecule has 1 aliphatic rings. The zero-order chi connectivity index (χ0) is 8.77. The van der Waals surface area contributed by atoms with Crippen molar-refractivity contribution in [3.05, 3.63) is 11.8 Å². The molecule has 0 saturated heterocycles. The molecule has 12 heavy (non-hydrogen) atoms. The molecule has 0 N–H and O–H groups in total. The fourth-order valence-corrected chi connectivity index (χ4v) is 1.33. The van der Waals surface area contributed by atoms with Crippen LogP contribution in [-0.4, -0.2) is 16.0 Å². The largest absolute Gasteiger partial charge is 0.425 e. The molecule has 0 aliphatic heterocycles. The van der Waals surface area contributed by atoms with Gasteiger partial charge in [-0.2, -0.15) is 0 Å². The Labute approximate surface area is 70.0 Å². The molecule has 64 valence electrons. The second kappa shape index (κ2) is 2.15. The van der Waals surface area contributed by atoms with Gasteiger partial charge in [-0.25, -0.2) is 0 Å². The SMILES string of the molecule is CC(=O)C1(c2nnc(C)o2)CC1. The lowest BCUT2D eigenvalue weighted by Gasteiger charge is -2.02. The third-order valence-corrected chi connectivity index (χ3v) is 2.36. The molecule has 1 saturated carbocycles. The van der Waals surface area contributed by atoms with Crippen LogP contribution in [0.1, 0.15) is 31.5 Å². The summed E-state index contributed by atoms with van der Waals surface area (Å²) in [5, 5.41) is 7.57.